The number of halogens is 1. The quantitative estimate of drug-likeness (QED) is 0.312. The summed E-state index contributed by atoms with van der Waals surface area (Å²) in [5.41, 5.74) is 1.18. The van der Waals surface area contributed by atoms with Gasteiger partial charge in [0.15, 0.2) is 0 Å². The molecule has 1 aromatic rings. The third-order valence-electron chi connectivity index (χ3n) is 3.48. The Morgan fingerprint density at radius 1 is 0.762 bits per heavy atom. The Labute approximate surface area is 139 Å². The Hall–Kier alpha value is -0.0600. The van der Waals surface area contributed by atoms with E-state index in [4.69, 9.17) is 11.6 Å². The lowest BCUT2D eigenvalue weighted by Gasteiger charge is -2.16. The molecule has 1 aromatic carbocycles. The molecule has 0 bridgehead atoms. The van der Waals surface area contributed by atoms with Crippen LogP contribution >= 0.6 is 19.5 Å². The maximum Gasteiger partial charge on any atom is 0.0474 e. The van der Waals surface area contributed by atoms with Crippen LogP contribution in [0.5, 0.6) is 0 Å². The second-order valence-electron chi connectivity index (χ2n) is 5.52. The zero-order chi connectivity index (χ0) is 15.8. The standard InChI is InChI=1S/C12H27P.C7H7Cl/c1-4-7-10-13(11-8-5-2)12-9-6-3;8-6-7-4-2-1-3-5-7/h4-12H2,1-3H3;1-5H,6H2. The Bertz CT molecular complexity index is 281. The van der Waals surface area contributed by atoms with Crippen LogP contribution in [0.3, 0.4) is 0 Å². The van der Waals surface area contributed by atoms with Crippen molar-refractivity contribution in [1.29, 1.82) is 0 Å². The van der Waals surface area contributed by atoms with Gasteiger partial charge in [0.1, 0.15) is 0 Å². The molecule has 1 rings (SSSR count). The van der Waals surface area contributed by atoms with Crippen LogP contribution in [0.15, 0.2) is 30.3 Å². The first-order chi connectivity index (χ1) is 10.3. The molecule has 0 aliphatic rings. The molecule has 0 heterocycles. The van der Waals surface area contributed by atoms with Crippen molar-refractivity contribution in [2.24, 2.45) is 0 Å². The number of rotatable bonds is 10. The van der Waals surface area contributed by atoms with Crippen LogP contribution < -0.4 is 0 Å². The second kappa shape index (κ2) is 16.3. The Morgan fingerprint density at radius 3 is 1.48 bits per heavy atom. The van der Waals surface area contributed by atoms with Crippen molar-refractivity contribution in [2.45, 2.75) is 65.2 Å². The lowest BCUT2D eigenvalue weighted by molar-refractivity contribution is 0.847. The molecule has 0 nitrogen and oxygen atoms in total. The minimum absolute atomic E-state index is 0.422. The summed E-state index contributed by atoms with van der Waals surface area (Å²) < 4.78 is 0. The van der Waals surface area contributed by atoms with Gasteiger partial charge in [-0.3, -0.25) is 0 Å². The van der Waals surface area contributed by atoms with E-state index in [0.717, 1.165) is 0 Å². The van der Waals surface area contributed by atoms with Gasteiger partial charge in [0.05, 0.1) is 0 Å². The van der Waals surface area contributed by atoms with Crippen molar-refractivity contribution in [3.05, 3.63) is 35.9 Å². The highest BCUT2D eigenvalue weighted by Crippen LogP contribution is 2.38. The Morgan fingerprint density at radius 2 is 1.19 bits per heavy atom. The van der Waals surface area contributed by atoms with Gasteiger partial charge in [-0.05, 0) is 43.3 Å². The largest absolute Gasteiger partial charge is 0.122 e. The maximum atomic E-state index is 5.53. The van der Waals surface area contributed by atoms with E-state index in [9.17, 15) is 0 Å². The van der Waals surface area contributed by atoms with Gasteiger partial charge in [-0.2, -0.15) is 0 Å². The van der Waals surface area contributed by atoms with Crippen LogP contribution in [0.25, 0.3) is 0 Å². The first-order valence-electron chi connectivity index (χ1n) is 8.60. The molecule has 122 valence electrons. The van der Waals surface area contributed by atoms with E-state index >= 15 is 0 Å². The third-order valence-corrected chi connectivity index (χ3v) is 6.64. The van der Waals surface area contributed by atoms with E-state index in [1.54, 1.807) is 18.5 Å². The van der Waals surface area contributed by atoms with Gasteiger partial charge in [-0.25, -0.2) is 0 Å². The molecule has 0 fully saturated rings. The van der Waals surface area contributed by atoms with Gasteiger partial charge in [-0.15, -0.1) is 19.5 Å². The Kier molecular flexibility index (Phi) is 16.3. The fourth-order valence-corrected chi connectivity index (χ4v) is 5.19. The molecule has 21 heavy (non-hydrogen) atoms. The summed E-state index contributed by atoms with van der Waals surface area (Å²) in [6, 6.07) is 9.96. The van der Waals surface area contributed by atoms with E-state index < -0.39 is 0 Å². The topological polar surface area (TPSA) is 0 Å². The summed E-state index contributed by atoms with van der Waals surface area (Å²) in [5, 5.41) is 0. The number of alkyl halides is 1. The van der Waals surface area contributed by atoms with Crippen molar-refractivity contribution in [2.75, 3.05) is 18.5 Å². The SMILES string of the molecule is CCCCP(CCCC)CCCC.ClCc1ccccc1. The minimum atomic E-state index is 0.422. The molecule has 0 saturated heterocycles. The van der Waals surface area contributed by atoms with Gasteiger partial charge >= 0.3 is 0 Å². The van der Waals surface area contributed by atoms with E-state index in [-0.39, 0.29) is 0 Å². The van der Waals surface area contributed by atoms with Crippen LogP contribution in [0.2, 0.25) is 0 Å². The molecule has 0 radical (unpaired) electrons. The number of hydrogen-bond acceptors (Lipinski definition) is 0. The average molecular weight is 329 g/mol. The lowest BCUT2D eigenvalue weighted by atomic mass is 10.2. The number of unbranched alkanes of at least 4 members (excludes halogenated alkanes) is 3. The first kappa shape index (κ1) is 20.9. The van der Waals surface area contributed by atoms with E-state index in [1.165, 1.54) is 44.1 Å². The molecule has 0 aliphatic carbocycles. The van der Waals surface area contributed by atoms with Gasteiger partial charge in [0.2, 0.25) is 0 Å². The van der Waals surface area contributed by atoms with Crippen molar-refractivity contribution >= 4 is 19.5 Å². The lowest BCUT2D eigenvalue weighted by Crippen LogP contribution is -1.95. The predicted molar refractivity (Wildman–Crippen MR) is 102 cm³/mol. The van der Waals surface area contributed by atoms with Crippen molar-refractivity contribution < 1.29 is 0 Å². The summed E-state index contributed by atoms with van der Waals surface area (Å²) in [6.45, 7) is 6.94. The molecule has 0 aromatic heterocycles. The fourth-order valence-electron chi connectivity index (χ4n) is 2.05. The molecular formula is C19H34ClP. The Balaban J connectivity index is 0.000000423. The first-order valence-corrected chi connectivity index (χ1v) is 11.0. The van der Waals surface area contributed by atoms with Gasteiger partial charge in [0, 0.05) is 5.88 Å². The highest BCUT2D eigenvalue weighted by Gasteiger charge is 2.05. The molecule has 0 unspecified atom stereocenters. The monoisotopic (exact) mass is 328 g/mol. The average Bonchev–Trinajstić information content (AvgIpc) is 2.55. The third kappa shape index (κ3) is 13.3. The maximum absolute atomic E-state index is 5.53. The number of benzene rings is 1. The normalized spacial score (nSPS) is 10.3. The van der Waals surface area contributed by atoms with Gasteiger partial charge in [-0.1, -0.05) is 70.4 Å². The molecule has 0 atom stereocenters. The summed E-state index contributed by atoms with van der Waals surface area (Å²) in [4.78, 5) is 0. The number of hydrogen-bond donors (Lipinski definition) is 0. The second-order valence-corrected chi connectivity index (χ2v) is 8.47. The van der Waals surface area contributed by atoms with Crippen LogP contribution in [0.4, 0.5) is 0 Å². The van der Waals surface area contributed by atoms with Gasteiger partial charge in [0.25, 0.3) is 0 Å². The predicted octanol–water partition coefficient (Wildman–Crippen LogP) is 7.29. The highest BCUT2D eigenvalue weighted by atomic mass is 35.5. The fraction of sp³-hybridized carbons (Fsp3) is 0.684. The van der Waals surface area contributed by atoms with Crippen molar-refractivity contribution in [1.82, 2.24) is 0 Å². The zero-order valence-electron chi connectivity index (χ0n) is 14.3. The van der Waals surface area contributed by atoms with E-state index in [2.05, 4.69) is 20.8 Å². The molecule has 0 spiro atoms. The summed E-state index contributed by atoms with van der Waals surface area (Å²) in [5.74, 6) is 0.612. The van der Waals surface area contributed by atoms with Gasteiger partial charge < -0.3 is 0 Å². The zero-order valence-corrected chi connectivity index (χ0v) is 15.9. The van der Waals surface area contributed by atoms with Crippen molar-refractivity contribution in [3.63, 3.8) is 0 Å². The smallest absolute Gasteiger partial charge is 0.0474 e. The molecule has 0 aliphatic heterocycles. The highest BCUT2D eigenvalue weighted by molar-refractivity contribution is 7.57. The summed E-state index contributed by atoms with van der Waals surface area (Å²) >= 11 is 5.53. The molecule has 0 amide bonds. The van der Waals surface area contributed by atoms with Crippen LogP contribution in [-0.4, -0.2) is 18.5 Å². The van der Waals surface area contributed by atoms with Crippen LogP contribution in [0.1, 0.15) is 64.9 Å². The van der Waals surface area contributed by atoms with Crippen LogP contribution in [-0.2, 0) is 5.88 Å². The molecule has 0 saturated carbocycles. The van der Waals surface area contributed by atoms with E-state index in [1.807, 2.05) is 30.3 Å². The minimum Gasteiger partial charge on any atom is -0.122 e. The van der Waals surface area contributed by atoms with E-state index in [0.29, 0.717) is 13.8 Å². The van der Waals surface area contributed by atoms with Crippen molar-refractivity contribution in [3.8, 4) is 0 Å². The summed E-state index contributed by atoms with van der Waals surface area (Å²) in [7, 11) is 0.422. The molecule has 2 heteroatoms. The molecule has 0 N–H and O–H groups in total. The van der Waals surface area contributed by atoms with Crippen LogP contribution in [0, 0.1) is 0 Å². The summed E-state index contributed by atoms with van der Waals surface area (Å²) in [6.07, 6.45) is 13.2. The molecular weight excluding hydrogens is 295 g/mol.